The molecule has 0 aromatic heterocycles. The lowest BCUT2D eigenvalue weighted by Crippen LogP contribution is -2.63. The maximum Gasteiger partial charge on any atom is 0.303 e. The van der Waals surface area contributed by atoms with Gasteiger partial charge < -0.3 is 28.4 Å². The van der Waals surface area contributed by atoms with E-state index in [9.17, 15) is 24.0 Å². The number of rotatable bonds is 8. The summed E-state index contributed by atoms with van der Waals surface area (Å²) in [6, 6.07) is 5.96. The maximum absolute atomic E-state index is 11.8. The van der Waals surface area contributed by atoms with Crippen molar-refractivity contribution in [3.8, 4) is 5.75 Å². The number of carbonyl (C=O) groups is 5. The first-order valence-electron chi connectivity index (χ1n) is 9.63. The first-order chi connectivity index (χ1) is 15.1. The van der Waals surface area contributed by atoms with E-state index in [0.717, 1.165) is 20.8 Å². The zero-order valence-corrected chi connectivity index (χ0v) is 18.0. The first kappa shape index (κ1) is 24.8. The van der Waals surface area contributed by atoms with Crippen molar-refractivity contribution in [1.29, 1.82) is 0 Å². The lowest BCUT2D eigenvalue weighted by atomic mass is 9.98. The first-order valence-corrected chi connectivity index (χ1v) is 9.63. The third kappa shape index (κ3) is 7.05. The van der Waals surface area contributed by atoms with Crippen molar-refractivity contribution < 1.29 is 52.4 Å². The summed E-state index contributed by atoms with van der Waals surface area (Å²) in [6.45, 7) is 4.21. The Bertz CT molecular complexity index is 848. The van der Waals surface area contributed by atoms with Crippen LogP contribution in [0.2, 0.25) is 0 Å². The van der Waals surface area contributed by atoms with E-state index in [4.69, 9.17) is 28.4 Å². The average Bonchev–Trinajstić information content (AvgIpc) is 2.70. The minimum atomic E-state index is -1.34. The van der Waals surface area contributed by atoms with Gasteiger partial charge in [-0.15, -0.1) is 0 Å². The number of aldehydes is 1. The zero-order valence-electron chi connectivity index (χ0n) is 18.0. The monoisotopic (exact) mass is 452 g/mol. The minimum Gasteiger partial charge on any atom is -0.463 e. The van der Waals surface area contributed by atoms with E-state index in [1.54, 1.807) is 0 Å². The number of hydrogen-bond donors (Lipinski definition) is 0. The Kier molecular flexibility index (Phi) is 8.71. The second kappa shape index (κ2) is 11.2. The van der Waals surface area contributed by atoms with Crippen LogP contribution in [0, 0.1) is 0 Å². The number of ether oxygens (including phenoxy) is 6. The van der Waals surface area contributed by atoms with E-state index in [-0.39, 0.29) is 12.4 Å². The summed E-state index contributed by atoms with van der Waals surface area (Å²) in [5.74, 6) is -2.58. The fourth-order valence-electron chi connectivity index (χ4n) is 3.04. The van der Waals surface area contributed by atoms with E-state index in [1.807, 2.05) is 0 Å². The maximum atomic E-state index is 11.8. The van der Waals surface area contributed by atoms with Crippen LogP contribution in [0.15, 0.2) is 24.3 Å². The molecule has 0 N–H and O–H groups in total. The van der Waals surface area contributed by atoms with Crippen molar-refractivity contribution in [1.82, 2.24) is 0 Å². The second-order valence-corrected chi connectivity index (χ2v) is 6.87. The van der Waals surface area contributed by atoms with Crippen molar-refractivity contribution in [3.63, 3.8) is 0 Å². The molecule has 32 heavy (non-hydrogen) atoms. The molecule has 1 fully saturated rings. The van der Waals surface area contributed by atoms with E-state index >= 15 is 0 Å². The topological polar surface area (TPSA) is 141 Å². The van der Waals surface area contributed by atoms with Crippen LogP contribution in [0.3, 0.4) is 0 Å². The third-order valence-corrected chi connectivity index (χ3v) is 4.22. The van der Waals surface area contributed by atoms with Crippen molar-refractivity contribution in [2.75, 3.05) is 6.61 Å². The van der Waals surface area contributed by atoms with Gasteiger partial charge in [0.05, 0.1) is 0 Å². The average molecular weight is 452 g/mol. The molecule has 0 spiro atoms. The molecular formula is C21H24O11. The summed E-state index contributed by atoms with van der Waals surface area (Å²) in [7, 11) is 0. The predicted molar refractivity (Wildman–Crippen MR) is 104 cm³/mol. The highest BCUT2D eigenvalue weighted by Gasteiger charge is 2.53. The zero-order chi connectivity index (χ0) is 23.8. The van der Waals surface area contributed by atoms with E-state index in [2.05, 4.69) is 0 Å². The standard InChI is InChI=1S/C21H24O11/c1-11(23)27-10-17-18(28-12(2)24)19(29-13(3)25)20(30-14(4)26)21(32-17)31-16-7-5-15(9-22)6-8-16/h5-9,17-21H,10H2,1-4H3/t17-,18+,19-,20-,21-/m0/s1. The lowest BCUT2D eigenvalue weighted by molar-refractivity contribution is -0.288. The Balaban J connectivity index is 2.43. The summed E-state index contributed by atoms with van der Waals surface area (Å²) >= 11 is 0. The van der Waals surface area contributed by atoms with Crippen LogP contribution >= 0.6 is 0 Å². The SMILES string of the molecule is CC(=O)OC[C@@H]1O[C@H](Oc2ccc(C=O)cc2)[C@@H](OC(C)=O)[C@@H](OC(C)=O)[C@@H]1OC(C)=O. The molecule has 1 aromatic carbocycles. The molecule has 1 aromatic rings. The highest BCUT2D eigenvalue weighted by atomic mass is 16.7. The van der Waals surface area contributed by atoms with Gasteiger partial charge >= 0.3 is 23.9 Å². The third-order valence-electron chi connectivity index (χ3n) is 4.22. The predicted octanol–water partition coefficient (Wildman–Crippen LogP) is 0.961. The molecule has 174 valence electrons. The van der Waals surface area contributed by atoms with Crippen LogP contribution in [0.5, 0.6) is 5.75 Å². The van der Waals surface area contributed by atoms with Gasteiger partial charge in [0.15, 0.2) is 12.2 Å². The van der Waals surface area contributed by atoms with Gasteiger partial charge in [0.1, 0.15) is 24.7 Å². The fraction of sp³-hybridized carbons (Fsp3) is 0.476. The summed E-state index contributed by atoms with van der Waals surface area (Å²) in [5, 5.41) is 0. The van der Waals surface area contributed by atoms with Gasteiger partial charge in [-0.2, -0.15) is 0 Å². The molecule has 1 saturated heterocycles. The summed E-state index contributed by atoms with van der Waals surface area (Å²) in [5.41, 5.74) is 0.402. The summed E-state index contributed by atoms with van der Waals surface area (Å²) < 4.78 is 32.5. The second-order valence-electron chi connectivity index (χ2n) is 6.87. The molecule has 0 saturated carbocycles. The number of hydrogen-bond acceptors (Lipinski definition) is 11. The van der Waals surface area contributed by atoms with Gasteiger partial charge in [-0.1, -0.05) is 0 Å². The van der Waals surface area contributed by atoms with Crippen LogP contribution in [0.25, 0.3) is 0 Å². The molecule has 5 atom stereocenters. The van der Waals surface area contributed by atoms with Crippen molar-refractivity contribution >= 4 is 30.2 Å². The van der Waals surface area contributed by atoms with Crippen LogP contribution in [0.4, 0.5) is 0 Å². The van der Waals surface area contributed by atoms with Gasteiger partial charge in [-0.25, -0.2) is 0 Å². The summed E-state index contributed by atoms with van der Waals surface area (Å²) in [4.78, 5) is 57.4. The van der Waals surface area contributed by atoms with Crippen molar-refractivity contribution in [2.24, 2.45) is 0 Å². The van der Waals surface area contributed by atoms with Crippen LogP contribution in [-0.4, -0.2) is 67.5 Å². The lowest BCUT2D eigenvalue weighted by Gasteiger charge is -2.43. The Morgan fingerprint density at radius 2 is 1.34 bits per heavy atom. The molecule has 0 amide bonds. The summed E-state index contributed by atoms with van der Waals surface area (Å²) in [6.07, 6.45) is -5.72. The fourth-order valence-corrected chi connectivity index (χ4v) is 3.04. The smallest absolute Gasteiger partial charge is 0.303 e. The normalized spacial score (nSPS) is 24.6. The Morgan fingerprint density at radius 1 is 0.812 bits per heavy atom. The van der Waals surface area contributed by atoms with Gasteiger partial charge in [0, 0.05) is 33.3 Å². The number of carbonyl (C=O) groups excluding carboxylic acids is 5. The van der Waals surface area contributed by atoms with E-state index in [0.29, 0.717) is 11.8 Å². The molecule has 1 aliphatic heterocycles. The largest absolute Gasteiger partial charge is 0.463 e. The highest BCUT2D eigenvalue weighted by molar-refractivity contribution is 5.74. The molecule has 1 aliphatic rings. The van der Waals surface area contributed by atoms with E-state index in [1.165, 1.54) is 31.2 Å². The molecule has 0 unspecified atom stereocenters. The van der Waals surface area contributed by atoms with Gasteiger partial charge in [0.2, 0.25) is 12.4 Å². The number of esters is 4. The van der Waals surface area contributed by atoms with Crippen LogP contribution in [-0.2, 0) is 42.9 Å². The van der Waals surface area contributed by atoms with Crippen LogP contribution in [0.1, 0.15) is 38.1 Å². The van der Waals surface area contributed by atoms with Gasteiger partial charge in [0.25, 0.3) is 0 Å². The molecule has 0 aliphatic carbocycles. The quantitative estimate of drug-likeness (QED) is 0.316. The Labute approximate surface area is 183 Å². The minimum absolute atomic E-state index is 0.247. The Hall–Kier alpha value is -3.47. The van der Waals surface area contributed by atoms with Crippen molar-refractivity contribution in [3.05, 3.63) is 29.8 Å². The highest BCUT2D eigenvalue weighted by Crippen LogP contribution is 2.31. The van der Waals surface area contributed by atoms with E-state index < -0.39 is 54.6 Å². The van der Waals surface area contributed by atoms with Crippen LogP contribution < -0.4 is 4.74 Å². The Morgan fingerprint density at radius 3 is 1.84 bits per heavy atom. The van der Waals surface area contributed by atoms with Gasteiger partial charge in [-0.05, 0) is 24.3 Å². The molecule has 11 heteroatoms. The van der Waals surface area contributed by atoms with Crippen molar-refractivity contribution in [2.45, 2.75) is 58.4 Å². The number of benzene rings is 1. The molecule has 11 nitrogen and oxygen atoms in total. The molecule has 0 bridgehead atoms. The molecular weight excluding hydrogens is 428 g/mol. The molecule has 1 heterocycles. The molecule has 2 rings (SSSR count). The van der Waals surface area contributed by atoms with Gasteiger partial charge in [-0.3, -0.25) is 24.0 Å². The molecule has 0 radical (unpaired) electrons.